The molecule has 1 aromatic carbocycles. The van der Waals surface area contributed by atoms with E-state index in [1.165, 1.54) is 77.0 Å². The average Bonchev–Trinajstić information content (AvgIpc) is 3.39. The number of ketones is 1. The molecule has 1 aromatic rings. The zero-order valence-electron chi connectivity index (χ0n) is 19.0. The molecule has 4 aliphatic carbocycles. The Morgan fingerprint density at radius 2 is 1.64 bits per heavy atom. The first kappa shape index (κ1) is 25.1. The first-order valence-electron chi connectivity index (χ1n) is 12.4. The summed E-state index contributed by atoms with van der Waals surface area (Å²) < 4.78 is 55.5. The van der Waals surface area contributed by atoms with Gasteiger partial charge in [-0.15, -0.1) is 0 Å². The highest BCUT2D eigenvalue weighted by Crippen LogP contribution is 2.51. The molecule has 0 aliphatic heterocycles. The summed E-state index contributed by atoms with van der Waals surface area (Å²) in [6, 6.07) is 1.63. The van der Waals surface area contributed by atoms with Crippen molar-refractivity contribution in [1.29, 1.82) is 0 Å². The number of hydrogen-bond donors (Lipinski definition) is 0. The van der Waals surface area contributed by atoms with Crippen LogP contribution >= 0.6 is 0 Å². The van der Waals surface area contributed by atoms with Gasteiger partial charge in [0.15, 0.2) is 11.0 Å². The minimum absolute atomic E-state index is 0.338. The summed E-state index contributed by atoms with van der Waals surface area (Å²) in [6.07, 6.45) is 17.9. The van der Waals surface area contributed by atoms with Gasteiger partial charge in [0, 0.05) is 35.7 Å². The predicted molar refractivity (Wildman–Crippen MR) is 125 cm³/mol. The molecule has 4 nitrogen and oxygen atoms in total. The topological polar surface area (TPSA) is 74.3 Å². The molecule has 2 bridgehead atoms. The highest BCUT2D eigenvalue weighted by atomic mass is 32.2. The highest BCUT2D eigenvalue weighted by molar-refractivity contribution is 7.99. The van der Waals surface area contributed by atoms with Crippen molar-refractivity contribution in [2.75, 3.05) is 0 Å². The van der Waals surface area contributed by atoms with Crippen molar-refractivity contribution in [3.05, 3.63) is 29.8 Å². The van der Waals surface area contributed by atoms with Crippen molar-refractivity contribution in [3.8, 4) is 0 Å². The molecule has 0 amide bonds. The predicted octanol–water partition coefficient (Wildman–Crippen LogP) is 5.51. The summed E-state index contributed by atoms with van der Waals surface area (Å²) in [4.78, 5) is 11.6. The molecule has 4 aliphatic rings. The number of carbonyl (C=O) groups excluding carboxylic acids is 1. The minimum atomic E-state index is -4.84. The second-order valence-electron chi connectivity index (χ2n) is 10.1. The Hall–Kier alpha value is -0.990. The fourth-order valence-corrected chi connectivity index (χ4v) is 11.3. The van der Waals surface area contributed by atoms with Gasteiger partial charge in [-0.3, -0.25) is 4.79 Å². The molecule has 0 aromatic heterocycles. The lowest BCUT2D eigenvalue weighted by molar-refractivity contribution is -0.119. The molecule has 8 heteroatoms. The van der Waals surface area contributed by atoms with E-state index in [1.54, 1.807) is 0 Å². The summed E-state index contributed by atoms with van der Waals surface area (Å²) in [5.74, 6) is 0.412. The van der Waals surface area contributed by atoms with Crippen LogP contribution in [0.25, 0.3) is 0 Å². The molecular weight excluding hydrogens is 466 g/mol. The van der Waals surface area contributed by atoms with Crippen molar-refractivity contribution in [2.24, 2.45) is 11.8 Å². The van der Waals surface area contributed by atoms with E-state index in [2.05, 4.69) is 0 Å². The average molecular weight is 501 g/mol. The summed E-state index contributed by atoms with van der Waals surface area (Å²) >= 11 is 0. The molecule has 0 spiro atoms. The molecule has 0 N–H and O–H groups in total. The first-order valence-corrected chi connectivity index (χ1v) is 15.2. The van der Waals surface area contributed by atoms with E-state index in [-0.39, 0.29) is 0 Å². The maximum Gasteiger partial charge on any atom is 0.184 e. The molecule has 33 heavy (non-hydrogen) atoms. The molecule has 4 saturated carbocycles. The Morgan fingerprint density at radius 3 is 2.21 bits per heavy atom. The number of fused-ring (bicyclic) bond motifs is 2. The van der Waals surface area contributed by atoms with Crippen LogP contribution in [0.5, 0.6) is 0 Å². The van der Waals surface area contributed by atoms with Gasteiger partial charge in [-0.1, -0.05) is 6.42 Å². The zero-order chi connectivity index (χ0) is 23.6. The first-order chi connectivity index (χ1) is 15.7. The highest BCUT2D eigenvalue weighted by Gasteiger charge is 2.55. The number of Topliss-reactive ketones (excluding diaryl/α,β-unsaturated/α-hetero) is 1. The third kappa shape index (κ3) is 5.99. The lowest BCUT2D eigenvalue weighted by Gasteiger charge is -2.35. The van der Waals surface area contributed by atoms with Crippen LogP contribution in [0.1, 0.15) is 83.5 Å². The van der Waals surface area contributed by atoms with Crippen molar-refractivity contribution in [1.82, 2.24) is 0 Å². The number of benzene rings is 1. The van der Waals surface area contributed by atoms with E-state index in [0.717, 1.165) is 28.8 Å². The van der Waals surface area contributed by atoms with E-state index >= 15 is 0 Å². The Bertz CT molecular complexity index is 946. The van der Waals surface area contributed by atoms with Gasteiger partial charge in [0.25, 0.3) is 0 Å². The minimum Gasteiger partial charge on any atom is -0.744 e. The molecule has 184 valence electrons. The van der Waals surface area contributed by atoms with Crippen LogP contribution in [0, 0.1) is 23.5 Å². The van der Waals surface area contributed by atoms with Crippen LogP contribution in [-0.4, -0.2) is 34.5 Å². The third-order valence-corrected chi connectivity index (χ3v) is 12.5. The second kappa shape index (κ2) is 10.7. The van der Waals surface area contributed by atoms with Crippen LogP contribution in [-0.2, 0) is 25.8 Å². The quantitative estimate of drug-likeness (QED) is 0.404. The Morgan fingerprint density at radius 1 is 0.909 bits per heavy atom. The lowest BCUT2D eigenvalue weighted by atomic mass is 9.98. The van der Waals surface area contributed by atoms with Crippen LogP contribution in [0.4, 0.5) is 8.78 Å². The lowest BCUT2D eigenvalue weighted by Crippen LogP contribution is -2.48. The van der Waals surface area contributed by atoms with Gasteiger partial charge in [0.2, 0.25) is 0 Å². The van der Waals surface area contributed by atoms with E-state index in [1.807, 2.05) is 0 Å². The summed E-state index contributed by atoms with van der Waals surface area (Å²) in [7, 11) is -4.39. The Balaban J connectivity index is 0.000000185. The van der Waals surface area contributed by atoms with Crippen LogP contribution in [0.15, 0.2) is 23.1 Å². The number of hydrogen-bond acceptors (Lipinski definition) is 4. The summed E-state index contributed by atoms with van der Waals surface area (Å²) in [6.45, 7) is 0. The Kier molecular flexibility index (Phi) is 8.17. The van der Waals surface area contributed by atoms with E-state index < -0.39 is 26.6 Å². The normalized spacial score (nSPS) is 31.2. The van der Waals surface area contributed by atoms with Gasteiger partial charge in [-0.25, -0.2) is 17.2 Å². The van der Waals surface area contributed by atoms with Gasteiger partial charge in [0.1, 0.15) is 32.3 Å². The van der Waals surface area contributed by atoms with Crippen molar-refractivity contribution < 1.29 is 26.5 Å². The fraction of sp³-hybridized carbons (Fsp3) is 0.720. The number of carbonyl (C=O) groups is 1. The number of halogens is 2. The van der Waals surface area contributed by atoms with Gasteiger partial charge in [-0.2, -0.15) is 0 Å². The zero-order valence-corrected chi connectivity index (χ0v) is 20.6. The van der Waals surface area contributed by atoms with Gasteiger partial charge < -0.3 is 4.55 Å². The maximum atomic E-state index is 12.6. The SMILES string of the molecule is O=C1CCCCC1[S+](C1CCCCC1)C1CC2CCC1C2.O=S(=O)([O-])c1ccc(F)cc1F. The fourth-order valence-electron chi connectivity index (χ4n) is 6.46. The summed E-state index contributed by atoms with van der Waals surface area (Å²) in [5, 5.41) is 2.38. The largest absolute Gasteiger partial charge is 0.744 e. The third-order valence-electron chi connectivity index (χ3n) is 7.95. The maximum absolute atomic E-state index is 12.6. The molecule has 0 heterocycles. The molecule has 5 atom stereocenters. The number of rotatable bonds is 4. The van der Waals surface area contributed by atoms with Crippen molar-refractivity contribution in [2.45, 2.75) is 104 Å². The van der Waals surface area contributed by atoms with Crippen LogP contribution in [0.2, 0.25) is 0 Å². The van der Waals surface area contributed by atoms with Gasteiger partial charge in [0.05, 0.1) is 4.90 Å². The van der Waals surface area contributed by atoms with E-state index in [4.69, 9.17) is 0 Å². The molecule has 0 radical (unpaired) electrons. The smallest absolute Gasteiger partial charge is 0.184 e. The Labute approximate surface area is 199 Å². The van der Waals surface area contributed by atoms with Crippen molar-refractivity contribution >= 4 is 26.8 Å². The summed E-state index contributed by atoms with van der Waals surface area (Å²) in [5.41, 5.74) is 0. The van der Waals surface area contributed by atoms with Crippen molar-refractivity contribution in [3.63, 3.8) is 0 Å². The van der Waals surface area contributed by atoms with E-state index in [0.29, 0.717) is 40.1 Å². The molecule has 5 rings (SSSR count). The second-order valence-corrected chi connectivity index (χ2v) is 14.1. The van der Waals surface area contributed by atoms with E-state index in [9.17, 15) is 26.5 Å². The molecule has 5 unspecified atom stereocenters. The van der Waals surface area contributed by atoms with Gasteiger partial charge >= 0.3 is 0 Å². The van der Waals surface area contributed by atoms with Crippen LogP contribution in [0.3, 0.4) is 0 Å². The molecule has 4 fully saturated rings. The molecular formula is C25H34F2O4S2. The monoisotopic (exact) mass is 500 g/mol. The standard InChI is InChI=1S/C19H31OS.C6H4F2O3S/c20-17-8-4-5-9-18(17)21(16-6-2-1-3-7-16)19-13-14-10-11-15(19)12-14;7-4-1-2-6(5(8)3-4)12(9,10)11/h14-16,18-19H,1-13H2;1-3H,(H,9,10,11)/q+1;/p-1. The van der Waals surface area contributed by atoms with Gasteiger partial charge in [-0.05, 0) is 82.3 Å². The van der Waals surface area contributed by atoms with Crippen LogP contribution < -0.4 is 0 Å². The molecule has 0 saturated heterocycles.